The molecule has 0 aromatic heterocycles. The molecule has 0 fully saturated rings. The maximum absolute atomic E-state index is 13.9. The second-order valence-corrected chi connectivity index (χ2v) is 6.04. The van der Waals surface area contributed by atoms with Crippen molar-refractivity contribution >= 4 is 5.69 Å². The zero-order chi connectivity index (χ0) is 15.3. The number of aryl methyl sites for hydroxylation is 1. The molecule has 114 valence electrons. The van der Waals surface area contributed by atoms with Crippen LogP contribution in [0.3, 0.4) is 0 Å². The number of nitrogens with zero attached hydrogens (tertiary/aromatic N) is 1. The molecule has 0 bridgehead atoms. The standard InChI is InChI=1S/C17H29FN2/c1-7-19-14(5)15-11-16(18)13(4)10-17(15)20(6)9-8-12(2)3/h10-12,14,19H,7-9H2,1-6H3. The van der Waals surface area contributed by atoms with Crippen molar-refractivity contribution in [2.45, 2.75) is 47.1 Å². The Balaban J connectivity index is 3.05. The van der Waals surface area contributed by atoms with Crippen molar-refractivity contribution in [1.82, 2.24) is 5.32 Å². The Hall–Kier alpha value is -1.09. The first-order valence-electron chi connectivity index (χ1n) is 7.61. The third-order valence-electron chi connectivity index (χ3n) is 3.74. The molecule has 0 saturated carbocycles. The fourth-order valence-electron chi connectivity index (χ4n) is 2.35. The van der Waals surface area contributed by atoms with Crippen molar-refractivity contribution in [2.24, 2.45) is 5.92 Å². The summed E-state index contributed by atoms with van der Waals surface area (Å²) in [6.07, 6.45) is 1.14. The Labute approximate surface area is 123 Å². The van der Waals surface area contributed by atoms with Crippen LogP contribution in [0.25, 0.3) is 0 Å². The van der Waals surface area contributed by atoms with Gasteiger partial charge in [0.05, 0.1) is 0 Å². The molecule has 0 saturated heterocycles. The molecule has 0 aliphatic heterocycles. The van der Waals surface area contributed by atoms with Gasteiger partial charge in [0.15, 0.2) is 0 Å². The summed E-state index contributed by atoms with van der Waals surface area (Å²) in [5.41, 5.74) is 2.89. The lowest BCUT2D eigenvalue weighted by atomic mass is 10.0. The lowest BCUT2D eigenvalue weighted by molar-refractivity contribution is 0.568. The van der Waals surface area contributed by atoms with Gasteiger partial charge >= 0.3 is 0 Å². The highest BCUT2D eigenvalue weighted by Crippen LogP contribution is 2.29. The van der Waals surface area contributed by atoms with Crippen LogP contribution in [0, 0.1) is 18.7 Å². The highest BCUT2D eigenvalue weighted by molar-refractivity contribution is 5.56. The first-order valence-corrected chi connectivity index (χ1v) is 7.61. The third-order valence-corrected chi connectivity index (χ3v) is 3.74. The van der Waals surface area contributed by atoms with E-state index in [-0.39, 0.29) is 11.9 Å². The Morgan fingerprint density at radius 2 is 1.90 bits per heavy atom. The second-order valence-electron chi connectivity index (χ2n) is 6.04. The largest absolute Gasteiger partial charge is 0.374 e. The van der Waals surface area contributed by atoms with E-state index in [1.165, 1.54) is 0 Å². The molecule has 0 aliphatic rings. The Bertz CT molecular complexity index is 429. The van der Waals surface area contributed by atoms with Crippen molar-refractivity contribution in [3.8, 4) is 0 Å². The van der Waals surface area contributed by atoms with Gasteiger partial charge in [-0.05, 0) is 56.0 Å². The van der Waals surface area contributed by atoms with E-state index in [1.807, 2.05) is 13.0 Å². The minimum atomic E-state index is -0.120. The lowest BCUT2D eigenvalue weighted by Gasteiger charge is -2.27. The van der Waals surface area contributed by atoms with E-state index >= 15 is 0 Å². The molecule has 0 amide bonds. The van der Waals surface area contributed by atoms with Crippen LogP contribution in [0.4, 0.5) is 10.1 Å². The Morgan fingerprint density at radius 1 is 1.25 bits per heavy atom. The van der Waals surface area contributed by atoms with Gasteiger partial charge in [-0.25, -0.2) is 4.39 Å². The van der Waals surface area contributed by atoms with Gasteiger partial charge in [0.1, 0.15) is 5.82 Å². The normalized spacial score (nSPS) is 12.8. The number of rotatable bonds is 7. The maximum atomic E-state index is 13.9. The zero-order valence-corrected chi connectivity index (χ0v) is 13.8. The molecule has 1 aromatic carbocycles. The predicted octanol–water partition coefficient (Wildman–Crippen LogP) is 4.29. The van der Waals surface area contributed by atoms with E-state index in [2.05, 4.69) is 45.0 Å². The van der Waals surface area contributed by atoms with Crippen molar-refractivity contribution in [3.63, 3.8) is 0 Å². The van der Waals surface area contributed by atoms with Crippen LogP contribution in [-0.4, -0.2) is 20.1 Å². The van der Waals surface area contributed by atoms with E-state index in [0.717, 1.165) is 30.8 Å². The van der Waals surface area contributed by atoms with Crippen LogP contribution < -0.4 is 10.2 Å². The van der Waals surface area contributed by atoms with Crippen molar-refractivity contribution in [3.05, 3.63) is 29.1 Å². The van der Waals surface area contributed by atoms with Gasteiger partial charge in [0, 0.05) is 25.3 Å². The van der Waals surface area contributed by atoms with Gasteiger partial charge in [0.25, 0.3) is 0 Å². The van der Waals surface area contributed by atoms with Gasteiger partial charge in [0.2, 0.25) is 0 Å². The summed E-state index contributed by atoms with van der Waals surface area (Å²) in [7, 11) is 2.09. The van der Waals surface area contributed by atoms with Crippen LogP contribution in [0.1, 0.15) is 51.3 Å². The Kier molecular flexibility index (Phi) is 6.47. The van der Waals surface area contributed by atoms with Crippen LogP contribution in [0.15, 0.2) is 12.1 Å². The van der Waals surface area contributed by atoms with Crippen LogP contribution >= 0.6 is 0 Å². The molecule has 3 heteroatoms. The molecule has 1 rings (SSSR count). The summed E-state index contributed by atoms with van der Waals surface area (Å²) >= 11 is 0. The van der Waals surface area contributed by atoms with Crippen LogP contribution in [0.2, 0.25) is 0 Å². The highest BCUT2D eigenvalue weighted by Gasteiger charge is 2.16. The van der Waals surface area contributed by atoms with E-state index in [4.69, 9.17) is 0 Å². The number of hydrogen-bond donors (Lipinski definition) is 1. The van der Waals surface area contributed by atoms with Crippen molar-refractivity contribution < 1.29 is 4.39 Å². The molecule has 1 unspecified atom stereocenters. The fourth-order valence-corrected chi connectivity index (χ4v) is 2.35. The van der Waals surface area contributed by atoms with Gasteiger partial charge < -0.3 is 10.2 Å². The first kappa shape index (κ1) is 17.0. The summed E-state index contributed by atoms with van der Waals surface area (Å²) in [4.78, 5) is 2.25. The maximum Gasteiger partial charge on any atom is 0.126 e. The van der Waals surface area contributed by atoms with Crippen molar-refractivity contribution in [1.29, 1.82) is 0 Å². The van der Waals surface area contributed by atoms with E-state index in [1.54, 1.807) is 6.07 Å². The molecule has 1 atom stereocenters. The van der Waals surface area contributed by atoms with Gasteiger partial charge in [-0.15, -0.1) is 0 Å². The summed E-state index contributed by atoms with van der Waals surface area (Å²) in [5.74, 6) is 0.555. The third kappa shape index (κ3) is 4.48. The van der Waals surface area contributed by atoms with E-state index in [0.29, 0.717) is 11.5 Å². The smallest absolute Gasteiger partial charge is 0.126 e. The first-order chi connectivity index (χ1) is 9.36. The van der Waals surface area contributed by atoms with Gasteiger partial charge in [-0.3, -0.25) is 0 Å². The number of hydrogen-bond acceptors (Lipinski definition) is 2. The SMILES string of the molecule is CCNC(C)c1cc(F)c(C)cc1N(C)CCC(C)C. The number of nitrogens with one attached hydrogen (secondary N) is 1. The lowest BCUT2D eigenvalue weighted by Crippen LogP contribution is -2.25. The van der Waals surface area contributed by atoms with Gasteiger partial charge in [-0.2, -0.15) is 0 Å². The number of benzene rings is 1. The monoisotopic (exact) mass is 280 g/mol. The number of anilines is 1. The van der Waals surface area contributed by atoms with Crippen molar-refractivity contribution in [2.75, 3.05) is 25.0 Å². The molecule has 1 aromatic rings. The molecular formula is C17H29FN2. The molecule has 0 heterocycles. The molecule has 20 heavy (non-hydrogen) atoms. The van der Waals surface area contributed by atoms with E-state index < -0.39 is 0 Å². The molecule has 2 nitrogen and oxygen atoms in total. The molecular weight excluding hydrogens is 251 g/mol. The average Bonchev–Trinajstić information content (AvgIpc) is 2.38. The van der Waals surface area contributed by atoms with Gasteiger partial charge in [-0.1, -0.05) is 20.8 Å². The summed E-state index contributed by atoms with van der Waals surface area (Å²) in [5, 5.41) is 3.38. The zero-order valence-electron chi connectivity index (χ0n) is 13.8. The molecule has 0 radical (unpaired) electrons. The highest BCUT2D eigenvalue weighted by atomic mass is 19.1. The van der Waals surface area contributed by atoms with E-state index in [9.17, 15) is 4.39 Å². The minimum absolute atomic E-state index is 0.120. The quantitative estimate of drug-likeness (QED) is 0.801. The summed E-state index contributed by atoms with van der Waals surface area (Å²) < 4.78 is 13.9. The topological polar surface area (TPSA) is 15.3 Å². The van der Waals surface area contributed by atoms with Crippen LogP contribution in [-0.2, 0) is 0 Å². The predicted molar refractivity (Wildman–Crippen MR) is 86.0 cm³/mol. The van der Waals surface area contributed by atoms with Crippen LogP contribution in [0.5, 0.6) is 0 Å². The molecule has 1 N–H and O–H groups in total. The molecule has 0 aliphatic carbocycles. The Morgan fingerprint density at radius 3 is 2.45 bits per heavy atom. The number of halogens is 1. The summed E-state index contributed by atoms with van der Waals surface area (Å²) in [6.45, 7) is 12.3. The minimum Gasteiger partial charge on any atom is -0.374 e. The summed E-state index contributed by atoms with van der Waals surface area (Å²) in [6, 6.07) is 3.81. The fraction of sp³-hybridized carbons (Fsp3) is 0.647. The average molecular weight is 280 g/mol. The second kappa shape index (κ2) is 7.63. The molecule has 0 spiro atoms.